The number of imidazole rings is 1. The number of benzene rings is 1. The molecule has 1 aromatic heterocycles. The van der Waals surface area contributed by atoms with E-state index in [1.807, 2.05) is 0 Å². The van der Waals surface area contributed by atoms with Gasteiger partial charge in [-0.2, -0.15) is 0 Å². The van der Waals surface area contributed by atoms with Gasteiger partial charge in [0.25, 0.3) is 0 Å². The quantitative estimate of drug-likeness (QED) is 0.855. The normalized spacial score (nSPS) is 14.1. The topological polar surface area (TPSA) is 38.0 Å². The Morgan fingerprint density at radius 1 is 1.42 bits per heavy atom. The van der Waals surface area contributed by atoms with Gasteiger partial charge in [-0.05, 0) is 18.6 Å². The molecule has 1 heterocycles. The molecule has 1 aromatic carbocycles. The lowest BCUT2D eigenvalue weighted by Crippen LogP contribution is -2.31. The molecule has 0 bridgehead atoms. The molecule has 0 saturated carbocycles. The average molecular weight is 297 g/mol. The van der Waals surface area contributed by atoms with Crippen LogP contribution in [0.2, 0.25) is 10.0 Å². The first-order valence-corrected chi connectivity index (χ1v) is 6.55. The first kappa shape index (κ1) is 14.1. The van der Waals surface area contributed by atoms with E-state index in [1.165, 1.54) is 0 Å². The van der Waals surface area contributed by atoms with Crippen molar-refractivity contribution in [2.24, 2.45) is 0 Å². The zero-order valence-electron chi connectivity index (χ0n) is 10.3. The van der Waals surface area contributed by atoms with Gasteiger partial charge >= 0.3 is 0 Å². The molecule has 5 heteroatoms. The molecular weight excluding hydrogens is 283 g/mol. The maximum Gasteiger partial charge on any atom is 0.112 e. The number of aliphatic hydroxyl groups is 1. The minimum atomic E-state index is -1.13. The van der Waals surface area contributed by atoms with Crippen molar-refractivity contribution in [3.8, 4) is 0 Å². The summed E-state index contributed by atoms with van der Waals surface area (Å²) in [5, 5.41) is 11.9. The molecule has 0 fully saturated rings. The van der Waals surface area contributed by atoms with Gasteiger partial charge in [-0.1, -0.05) is 35.3 Å². The Hall–Kier alpha value is -1.29. The Bertz CT molecular complexity index is 569. The predicted molar refractivity (Wildman–Crippen MR) is 77.4 cm³/mol. The van der Waals surface area contributed by atoms with E-state index in [2.05, 4.69) is 11.6 Å². The number of halogens is 2. The molecule has 1 N–H and O–H groups in total. The summed E-state index contributed by atoms with van der Waals surface area (Å²) >= 11 is 12.1. The van der Waals surface area contributed by atoms with Crippen molar-refractivity contribution in [1.82, 2.24) is 9.55 Å². The highest BCUT2D eigenvalue weighted by Crippen LogP contribution is 2.34. The van der Waals surface area contributed by atoms with Gasteiger partial charge in [-0.15, -0.1) is 6.58 Å². The van der Waals surface area contributed by atoms with E-state index in [0.717, 1.165) is 0 Å². The van der Waals surface area contributed by atoms with E-state index < -0.39 is 5.60 Å². The minimum absolute atomic E-state index is 0.348. The second-order valence-electron chi connectivity index (χ2n) is 4.38. The molecule has 1 atom stereocenters. The van der Waals surface area contributed by atoms with Crippen molar-refractivity contribution >= 4 is 23.2 Å². The number of hydrogen-bond donors (Lipinski definition) is 1. The van der Waals surface area contributed by atoms with E-state index in [0.29, 0.717) is 28.6 Å². The highest BCUT2D eigenvalue weighted by Gasteiger charge is 2.30. The van der Waals surface area contributed by atoms with Gasteiger partial charge in [0.05, 0.1) is 12.9 Å². The van der Waals surface area contributed by atoms with Gasteiger partial charge in [-0.3, -0.25) is 0 Å². The molecule has 19 heavy (non-hydrogen) atoms. The van der Waals surface area contributed by atoms with Gasteiger partial charge in [0.15, 0.2) is 0 Å². The Balaban J connectivity index is 2.40. The third kappa shape index (κ3) is 3.18. The summed E-state index contributed by atoms with van der Waals surface area (Å²) in [6.45, 7) is 4.04. The molecule has 0 amide bonds. The molecule has 1 unspecified atom stereocenters. The van der Waals surface area contributed by atoms with Gasteiger partial charge in [0.1, 0.15) is 5.60 Å². The zero-order chi connectivity index (χ0) is 13.9. The maximum absolute atomic E-state index is 10.9. The highest BCUT2D eigenvalue weighted by molar-refractivity contribution is 6.35. The van der Waals surface area contributed by atoms with E-state index in [9.17, 15) is 5.11 Å². The first-order valence-electron chi connectivity index (χ1n) is 5.80. The molecule has 100 valence electrons. The SMILES string of the molecule is C=CCC(O)(Cn1ccnc1)c1ccc(Cl)cc1Cl. The molecule has 2 aromatic rings. The van der Waals surface area contributed by atoms with Crippen LogP contribution in [0.15, 0.2) is 49.6 Å². The zero-order valence-corrected chi connectivity index (χ0v) is 11.8. The molecule has 0 saturated heterocycles. The Morgan fingerprint density at radius 3 is 2.79 bits per heavy atom. The summed E-state index contributed by atoms with van der Waals surface area (Å²) < 4.78 is 1.80. The Kier molecular flexibility index (Phi) is 4.30. The van der Waals surface area contributed by atoms with Crippen molar-refractivity contribution in [2.45, 2.75) is 18.6 Å². The summed E-state index contributed by atoms with van der Waals surface area (Å²) in [5.74, 6) is 0. The number of rotatable bonds is 5. The van der Waals surface area contributed by atoms with Crippen molar-refractivity contribution in [3.05, 3.63) is 65.2 Å². The van der Waals surface area contributed by atoms with Gasteiger partial charge < -0.3 is 9.67 Å². The van der Waals surface area contributed by atoms with Crippen LogP contribution < -0.4 is 0 Å². The molecule has 0 aliphatic carbocycles. The van der Waals surface area contributed by atoms with Crippen LogP contribution in [0, 0.1) is 0 Å². The summed E-state index contributed by atoms with van der Waals surface area (Å²) in [6, 6.07) is 5.08. The van der Waals surface area contributed by atoms with Crippen molar-refractivity contribution in [2.75, 3.05) is 0 Å². The Labute approximate surface area is 122 Å². The van der Waals surface area contributed by atoms with Gasteiger partial charge in [-0.25, -0.2) is 4.98 Å². The summed E-state index contributed by atoms with van der Waals surface area (Å²) in [4.78, 5) is 3.97. The summed E-state index contributed by atoms with van der Waals surface area (Å²) in [7, 11) is 0. The van der Waals surface area contributed by atoms with E-state index in [-0.39, 0.29) is 0 Å². The number of aromatic nitrogens is 2. The van der Waals surface area contributed by atoms with Gasteiger partial charge in [0, 0.05) is 28.0 Å². The number of hydrogen-bond acceptors (Lipinski definition) is 2. The second kappa shape index (κ2) is 5.78. The monoisotopic (exact) mass is 296 g/mol. The highest BCUT2D eigenvalue weighted by atomic mass is 35.5. The van der Waals surface area contributed by atoms with Gasteiger partial charge in [0.2, 0.25) is 0 Å². The fourth-order valence-corrected chi connectivity index (χ4v) is 2.63. The third-order valence-corrected chi connectivity index (χ3v) is 3.47. The second-order valence-corrected chi connectivity index (χ2v) is 5.23. The molecule has 3 nitrogen and oxygen atoms in total. The molecule has 0 radical (unpaired) electrons. The predicted octanol–water partition coefficient (Wildman–Crippen LogP) is 3.65. The minimum Gasteiger partial charge on any atom is -0.383 e. The lowest BCUT2D eigenvalue weighted by Gasteiger charge is -2.29. The fraction of sp³-hybridized carbons (Fsp3) is 0.214. The van der Waals surface area contributed by atoms with Crippen LogP contribution in [-0.4, -0.2) is 14.7 Å². The summed E-state index contributed by atoms with van der Waals surface area (Å²) in [5.41, 5.74) is -0.503. The molecule has 2 rings (SSSR count). The molecule has 0 spiro atoms. The number of nitrogens with zero attached hydrogens (tertiary/aromatic N) is 2. The average Bonchev–Trinajstić information content (AvgIpc) is 2.81. The largest absolute Gasteiger partial charge is 0.383 e. The van der Waals surface area contributed by atoms with Crippen LogP contribution in [-0.2, 0) is 12.1 Å². The van der Waals surface area contributed by atoms with E-state index in [1.54, 1.807) is 47.6 Å². The van der Waals surface area contributed by atoms with Crippen LogP contribution in [0.3, 0.4) is 0 Å². The van der Waals surface area contributed by atoms with Crippen LogP contribution in [0.4, 0.5) is 0 Å². The standard InChI is InChI=1S/C14H14Cl2N2O/c1-2-5-14(19,9-18-7-6-17-10-18)12-4-3-11(15)8-13(12)16/h2-4,6-8,10,19H,1,5,9H2. The van der Waals surface area contributed by atoms with E-state index >= 15 is 0 Å². The fourth-order valence-electron chi connectivity index (χ4n) is 2.05. The van der Waals surface area contributed by atoms with Crippen LogP contribution in [0.1, 0.15) is 12.0 Å². The van der Waals surface area contributed by atoms with Crippen LogP contribution >= 0.6 is 23.2 Å². The lowest BCUT2D eigenvalue weighted by molar-refractivity contribution is 0.0214. The van der Waals surface area contributed by atoms with Crippen molar-refractivity contribution in [1.29, 1.82) is 0 Å². The Morgan fingerprint density at radius 2 is 2.21 bits per heavy atom. The smallest absolute Gasteiger partial charge is 0.112 e. The van der Waals surface area contributed by atoms with E-state index in [4.69, 9.17) is 23.2 Å². The first-order chi connectivity index (χ1) is 9.05. The van der Waals surface area contributed by atoms with Crippen molar-refractivity contribution in [3.63, 3.8) is 0 Å². The lowest BCUT2D eigenvalue weighted by atomic mass is 9.90. The third-order valence-electron chi connectivity index (χ3n) is 2.92. The molecule has 0 aliphatic heterocycles. The van der Waals surface area contributed by atoms with Crippen molar-refractivity contribution < 1.29 is 5.11 Å². The van der Waals surface area contributed by atoms with Crippen LogP contribution in [0.5, 0.6) is 0 Å². The summed E-state index contributed by atoms with van der Waals surface area (Å²) in [6.07, 6.45) is 7.15. The molecule has 0 aliphatic rings. The maximum atomic E-state index is 10.9. The van der Waals surface area contributed by atoms with Crippen LogP contribution in [0.25, 0.3) is 0 Å². The molecular formula is C14H14Cl2N2O.